The van der Waals surface area contributed by atoms with Gasteiger partial charge in [-0.1, -0.05) is 18.2 Å². The molecular formula is C20H22F3N7. The number of hydrogen-bond donors (Lipinski definition) is 2. The third-order valence-electron chi connectivity index (χ3n) is 5.19. The number of alkyl halides is 3. The maximum atomic E-state index is 13.6. The number of aromatic amines is 1. The number of hydrogen-bond acceptors (Lipinski definition) is 6. The van der Waals surface area contributed by atoms with Crippen molar-refractivity contribution < 1.29 is 13.2 Å². The van der Waals surface area contributed by atoms with Crippen molar-refractivity contribution in [2.24, 2.45) is 0 Å². The fourth-order valence-electron chi connectivity index (χ4n) is 3.60. The van der Waals surface area contributed by atoms with E-state index in [-0.39, 0.29) is 17.3 Å². The summed E-state index contributed by atoms with van der Waals surface area (Å²) in [4.78, 5) is 15.3. The predicted molar refractivity (Wildman–Crippen MR) is 106 cm³/mol. The zero-order valence-electron chi connectivity index (χ0n) is 16.7. The quantitative estimate of drug-likeness (QED) is 0.664. The Morgan fingerprint density at radius 3 is 2.50 bits per heavy atom. The highest BCUT2D eigenvalue weighted by atomic mass is 19.4. The second-order valence-electron chi connectivity index (χ2n) is 7.49. The van der Waals surface area contributed by atoms with Gasteiger partial charge in [0.05, 0.1) is 5.56 Å². The highest BCUT2D eigenvalue weighted by Gasteiger charge is 2.34. The summed E-state index contributed by atoms with van der Waals surface area (Å²) in [5.74, 6) is 1.47. The fraction of sp³-hybridized carbons (Fsp3) is 0.400. The normalized spacial score (nSPS) is 16.0. The van der Waals surface area contributed by atoms with E-state index in [0.29, 0.717) is 17.6 Å². The molecule has 1 aliphatic heterocycles. The molecule has 1 aliphatic rings. The second kappa shape index (κ2) is 8.02. The van der Waals surface area contributed by atoms with Crippen LogP contribution in [0.3, 0.4) is 0 Å². The van der Waals surface area contributed by atoms with Crippen LogP contribution >= 0.6 is 0 Å². The summed E-state index contributed by atoms with van der Waals surface area (Å²) in [5.41, 5.74) is -0.0842. The molecule has 10 heteroatoms. The molecule has 0 bridgehead atoms. The molecule has 0 unspecified atom stereocenters. The van der Waals surface area contributed by atoms with Gasteiger partial charge >= 0.3 is 6.18 Å². The smallest absolute Gasteiger partial charge is 0.307 e. The molecule has 0 aliphatic carbocycles. The first kappa shape index (κ1) is 20.3. The highest BCUT2D eigenvalue weighted by Crippen LogP contribution is 2.37. The molecule has 3 heterocycles. The van der Waals surface area contributed by atoms with E-state index in [2.05, 4.69) is 42.4 Å². The van der Waals surface area contributed by atoms with Gasteiger partial charge in [0, 0.05) is 23.2 Å². The van der Waals surface area contributed by atoms with Gasteiger partial charge < -0.3 is 10.2 Å². The Balaban J connectivity index is 1.78. The van der Waals surface area contributed by atoms with Crippen LogP contribution in [0.15, 0.2) is 30.3 Å². The van der Waals surface area contributed by atoms with Gasteiger partial charge in [0.15, 0.2) is 5.82 Å². The van der Waals surface area contributed by atoms with Crippen molar-refractivity contribution in [3.05, 3.63) is 47.4 Å². The zero-order chi connectivity index (χ0) is 21.3. The van der Waals surface area contributed by atoms with Crippen LogP contribution in [0, 0.1) is 6.92 Å². The van der Waals surface area contributed by atoms with Gasteiger partial charge in [-0.3, -0.25) is 5.10 Å². The van der Waals surface area contributed by atoms with Crippen LogP contribution in [-0.4, -0.2) is 50.2 Å². The lowest BCUT2D eigenvalue weighted by atomic mass is 9.93. The van der Waals surface area contributed by atoms with Crippen LogP contribution in [0.4, 0.5) is 24.9 Å². The standard InChI is InChI=1S/C20H22F3N7/c1-12-24-19(29-28-12)27-17-11-16(13-7-9-30(2)10-8-13)25-18(26-17)14-5-3-4-6-15(14)20(21,22)23/h3-6,11,13H,7-10H2,1-2H3,(H2,24,25,26,27,28,29). The summed E-state index contributed by atoms with van der Waals surface area (Å²) in [6.45, 7) is 3.57. The minimum Gasteiger partial charge on any atom is -0.307 e. The molecule has 1 fully saturated rings. The van der Waals surface area contributed by atoms with Crippen LogP contribution in [0.25, 0.3) is 11.4 Å². The van der Waals surface area contributed by atoms with Crippen LogP contribution in [0.1, 0.15) is 35.8 Å². The van der Waals surface area contributed by atoms with E-state index in [1.54, 1.807) is 19.1 Å². The molecule has 1 aromatic carbocycles. The largest absolute Gasteiger partial charge is 0.417 e. The zero-order valence-corrected chi connectivity index (χ0v) is 16.7. The summed E-state index contributed by atoms with van der Waals surface area (Å²) in [7, 11) is 2.06. The summed E-state index contributed by atoms with van der Waals surface area (Å²) < 4.78 is 40.7. The number of H-pyrrole nitrogens is 1. The third kappa shape index (κ3) is 4.43. The van der Waals surface area contributed by atoms with Gasteiger partial charge in [-0.05, 0) is 46.0 Å². The maximum absolute atomic E-state index is 13.6. The number of halogens is 3. The van der Waals surface area contributed by atoms with Gasteiger partial charge in [-0.25, -0.2) is 9.97 Å². The number of nitrogens with one attached hydrogen (secondary N) is 2. The Morgan fingerprint density at radius 1 is 1.10 bits per heavy atom. The van der Waals surface area contributed by atoms with Crippen LogP contribution in [0.5, 0.6) is 0 Å². The summed E-state index contributed by atoms with van der Waals surface area (Å²) >= 11 is 0. The van der Waals surface area contributed by atoms with Gasteiger partial charge in [0.25, 0.3) is 0 Å². The molecule has 2 N–H and O–H groups in total. The first-order valence-electron chi connectivity index (χ1n) is 9.70. The number of likely N-dealkylation sites (tertiary alicyclic amines) is 1. The van der Waals surface area contributed by atoms with Crippen LogP contribution < -0.4 is 5.32 Å². The molecule has 7 nitrogen and oxygen atoms in total. The van der Waals surface area contributed by atoms with Crippen molar-refractivity contribution in [2.45, 2.75) is 31.9 Å². The monoisotopic (exact) mass is 417 g/mol. The average molecular weight is 417 g/mol. The molecule has 2 aromatic heterocycles. The molecule has 1 saturated heterocycles. The van der Waals surface area contributed by atoms with Crippen molar-refractivity contribution in [3.63, 3.8) is 0 Å². The van der Waals surface area contributed by atoms with Crippen molar-refractivity contribution >= 4 is 11.8 Å². The number of rotatable bonds is 4. The van der Waals surface area contributed by atoms with Crippen LogP contribution in [-0.2, 0) is 6.18 Å². The Labute approximate surface area is 171 Å². The van der Waals surface area contributed by atoms with E-state index in [0.717, 1.165) is 37.7 Å². The Bertz CT molecular complexity index is 1020. The number of piperidine rings is 1. The molecule has 0 atom stereocenters. The van der Waals surface area contributed by atoms with Crippen molar-refractivity contribution in [3.8, 4) is 11.4 Å². The number of anilines is 2. The molecule has 158 valence electrons. The minimum atomic E-state index is -4.50. The van der Waals surface area contributed by atoms with Crippen molar-refractivity contribution in [2.75, 3.05) is 25.5 Å². The van der Waals surface area contributed by atoms with Gasteiger partial charge in [0.1, 0.15) is 11.6 Å². The first-order chi connectivity index (χ1) is 14.3. The molecule has 0 spiro atoms. The number of aromatic nitrogens is 5. The molecule has 3 aromatic rings. The third-order valence-corrected chi connectivity index (χ3v) is 5.19. The molecule has 0 radical (unpaired) electrons. The average Bonchev–Trinajstić information content (AvgIpc) is 3.12. The van der Waals surface area contributed by atoms with E-state index in [9.17, 15) is 13.2 Å². The Hall–Kier alpha value is -3.01. The predicted octanol–water partition coefficient (Wildman–Crippen LogP) is 4.14. The lowest BCUT2D eigenvalue weighted by Gasteiger charge is -2.29. The van der Waals surface area contributed by atoms with Gasteiger partial charge in [0.2, 0.25) is 5.95 Å². The summed E-state index contributed by atoms with van der Waals surface area (Å²) in [6, 6.07) is 7.15. The topological polar surface area (TPSA) is 82.6 Å². The van der Waals surface area contributed by atoms with E-state index in [1.165, 1.54) is 12.1 Å². The Morgan fingerprint density at radius 2 is 1.83 bits per heavy atom. The van der Waals surface area contributed by atoms with Gasteiger partial charge in [-0.15, -0.1) is 5.10 Å². The minimum absolute atomic E-state index is 0.0362. The summed E-state index contributed by atoms with van der Waals surface area (Å²) in [5, 5.41) is 9.74. The van der Waals surface area contributed by atoms with E-state index in [1.807, 2.05) is 0 Å². The molecule has 4 rings (SSSR count). The second-order valence-corrected chi connectivity index (χ2v) is 7.49. The fourth-order valence-corrected chi connectivity index (χ4v) is 3.60. The van der Waals surface area contributed by atoms with Crippen molar-refractivity contribution in [1.82, 2.24) is 30.0 Å². The lowest BCUT2D eigenvalue weighted by molar-refractivity contribution is -0.137. The SMILES string of the molecule is Cc1nc(Nc2cc(C3CCN(C)CC3)nc(-c3ccccc3C(F)(F)F)n2)n[nH]1. The van der Waals surface area contributed by atoms with E-state index < -0.39 is 11.7 Å². The molecular weight excluding hydrogens is 395 g/mol. The van der Waals surface area contributed by atoms with Crippen molar-refractivity contribution in [1.29, 1.82) is 0 Å². The number of nitrogens with zero attached hydrogens (tertiary/aromatic N) is 5. The lowest BCUT2D eigenvalue weighted by Crippen LogP contribution is -2.29. The Kier molecular flexibility index (Phi) is 5.42. The molecule has 30 heavy (non-hydrogen) atoms. The van der Waals surface area contributed by atoms with E-state index >= 15 is 0 Å². The molecule has 0 amide bonds. The maximum Gasteiger partial charge on any atom is 0.417 e. The first-order valence-corrected chi connectivity index (χ1v) is 9.70. The van der Waals surface area contributed by atoms with E-state index in [4.69, 9.17) is 0 Å². The summed E-state index contributed by atoms with van der Waals surface area (Å²) in [6.07, 6.45) is -2.74. The number of benzene rings is 1. The highest BCUT2D eigenvalue weighted by molar-refractivity contribution is 5.64. The number of aryl methyl sites for hydroxylation is 1. The van der Waals surface area contributed by atoms with Gasteiger partial charge in [-0.2, -0.15) is 18.2 Å². The van der Waals surface area contributed by atoms with Crippen LogP contribution in [0.2, 0.25) is 0 Å². The molecule has 0 saturated carbocycles.